The highest BCUT2D eigenvalue weighted by molar-refractivity contribution is 5.74. The van der Waals surface area contributed by atoms with E-state index in [0.29, 0.717) is 11.6 Å². The number of carbonyl (C=O) groups excluding carboxylic acids is 1. The first-order valence-electron chi connectivity index (χ1n) is 7.30. The molecular weight excluding hydrogens is 298 g/mol. The largest absolute Gasteiger partial charge is 0.491 e. The summed E-state index contributed by atoms with van der Waals surface area (Å²) >= 11 is 0. The van der Waals surface area contributed by atoms with E-state index in [1.54, 1.807) is 37.0 Å². The second-order valence-corrected chi connectivity index (χ2v) is 5.15. The number of rotatable bonds is 7. The number of benzene rings is 1. The Bertz CT molecular complexity index is 617. The van der Waals surface area contributed by atoms with Crippen LogP contribution in [0.5, 0.6) is 5.75 Å². The maximum Gasteiger partial charge on any atom is 0.315 e. The van der Waals surface area contributed by atoms with E-state index in [0.717, 1.165) is 0 Å². The Morgan fingerprint density at radius 3 is 2.78 bits per heavy atom. The molecule has 0 radical (unpaired) electrons. The standard InChI is InChI=1S/C15H21N5O3/c1-11(14-19-17-10-20(14)2)18-15(22)16-8-12(21)9-23-13-6-4-3-5-7-13/h3-7,10-12,21H,8-9H2,1-2H3,(H2,16,18,22)/t11-,12+/m1/s1. The van der Waals surface area contributed by atoms with E-state index in [2.05, 4.69) is 20.8 Å². The number of ether oxygens (including phenoxy) is 1. The topological polar surface area (TPSA) is 101 Å². The maximum atomic E-state index is 11.8. The Hall–Kier alpha value is -2.61. The minimum Gasteiger partial charge on any atom is -0.491 e. The van der Waals surface area contributed by atoms with Crippen molar-refractivity contribution in [1.82, 2.24) is 25.4 Å². The summed E-state index contributed by atoms with van der Waals surface area (Å²) < 4.78 is 7.14. The van der Waals surface area contributed by atoms with E-state index in [9.17, 15) is 9.90 Å². The van der Waals surface area contributed by atoms with Gasteiger partial charge in [0.1, 0.15) is 24.8 Å². The fourth-order valence-electron chi connectivity index (χ4n) is 1.97. The lowest BCUT2D eigenvalue weighted by Gasteiger charge is -2.16. The Labute approximate surface area is 134 Å². The molecule has 2 aromatic rings. The number of aliphatic hydroxyl groups is 1. The van der Waals surface area contributed by atoms with Gasteiger partial charge in [0, 0.05) is 13.6 Å². The number of nitrogens with one attached hydrogen (secondary N) is 2. The van der Waals surface area contributed by atoms with Crippen molar-refractivity contribution in [3.63, 3.8) is 0 Å². The van der Waals surface area contributed by atoms with E-state index in [-0.39, 0.29) is 25.2 Å². The molecule has 0 bridgehead atoms. The minimum absolute atomic E-state index is 0.0875. The van der Waals surface area contributed by atoms with Crippen LogP contribution in [0.2, 0.25) is 0 Å². The molecule has 0 saturated heterocycles. The summed E-state index contributed by atoms with van der Waals surface area (Å²) in [6.45, 7) is 1.99. The molecule has 8 nitrogen and oxygen atoms in total. The molecule has 0 unspecified atom stereocenters. The van der Waals surface area contributed by atoms with Crippen LogP contribution in [0, 0.1) is 0 Å². The summed E-state index contributed by atoms with van der Waals surface area (Å²) in [5.74, 6) is 1.32. The molecule has 124 valence electrons. The average Bonchev–Trinajstić information content (AvgIpc) is 2.98. The molecule has 2 amide bonds. The molecule has 1 aromatic heterocycles. The quantitative estimate of drug-likeness (QED) is 0.694. The molecule has 3 N–H and O–H groups in total. The van der Waals surface area contributed by atoms with Crippen molar-refractivity contribution in [2.45, 2.75) is 19.1 Å². The Morgan fingerprint density at radius 2 is 2.13 bits per heavy atom. The third-order valence-electron chi connectivity index (χ3n) is 3.17. The summed E-state index contributed by atoms with van der Waals surface area (Å²) in [7, 11) is 1.80. The highest BCUT2D eigenvalue weighted by atomic mass is 16.5. The molecule has 0 aliphatic rings. The second kappa shape index (κ2) is 8.14. The predicted octanol–water partition coefficient (Wildman–Crippen LogP) is 0.615. The van der Waals surface area contributed by atoms with Gasteiger partial charge in [0.05, 0.1) is 6.04 Å². The number of urea groups is 1. The molecule has 0 fully saturated rings. The van der Waals surface area contributed by atoms with Gasteiger partial charge in [0.15, 0.2) is 5.82 Å². The molecule has 0 aliphatic heterocycles. The number of aryl methyl sites for hydroxylation is 1. The van der Waals surface area contributed by atoms with Crippen LogP contribution in [0.4, 0.5) is 4.79 Å². The third kappa shape index (κ3) is 5.26. The molecule has 8 heteroatoms. The van der Waals surface area contributed by atoms with E-state index in [1.807, 2.05) is 18.2 Å². The van der Waals surface area contributed by atoms with E-state index < -0.39 is 6.10 Å². The summed E-state index contributed by atoms with van der Waals surface area (Å²) in [6.07, 6.45) is 0.766. The maximum absolute atomic E-state index is 11.8. The Balaban J connectivity index is 1.68. The first kappa shape index (κ1) is 16.8. The molecular formula is C15H21N5O3. The van der Waals surface area contributed by atoms with Crippen molar-refractivity contribution >= 4 is 6.03 Å². The number of hydrogen-bond acceptors (Lipinski definition) is 5. The number of hydrogen-bond donors (Lipinski definition) is 3. The number of amides is 2. The van der Waals surface area contributed by atoms with Crippen LogP contribution in [0.3, 0.4) is 0 Å². The molecule has 0 aliphatic carbocycles. The molecule has 1 aromatic carbocycles. The van der Waals surface area contributed by atoms with Crippen molar-refractivity contribution < 1.29 is 14.6 Å². The lowest BCUT2D eigenvalue weighted by molar-refractivity contribution is 0.107. The van der Waals surface area contributed by atoms with Gasteiger partial charge >= 0.3 is 6.03 Å². The van der Waals surface area contributed by atoms with Crippen LogP contribution in [-0.2, 0) is 7.05 Å². The molecule has 2 atom stereocenters. The van der Waals surface area contributed by atoms with Gasteiger partial charge in [-0.15, -0.1) is 10.2 Å². The van der Waals surface area contributed by atoms with Crippen LogP contribution < -0.4 is 15.4 Å². The lowest BCUT2D eigenvalue weighted by atomic mass is 10.3. The van der Waals surface area contributed by atoms with Crippen LogP contribution >= 0.6 is 0 Å². The highest BCUT2D eigenvalue weighted by Gasteiger charge is 2.15. The zero-order valence-electron chi connectivity index (χ0n) is 13.1. The fraction of sp³-hybridized carbons (Fsp3) is 0.400. The summed E-state index contributed by atoms with van der Waals surface area (Å²) in [5, 5.41) is 22.8. The van der Waals surface area contributed by atoms with Gasteiger partial charge in [-0.3, -0.25) is 0 Å². The number of nitrogens with zero attached hydrogens (tertiary/aromatic N) is 3. The smallest absolute Gasteiger partial charge is 0.315 e. The molecule has 2 rings (SSSR count). The Kier molecular flexibility index (Phi) is 5.93. The first-order valence-corrected chi connectivity index (χ1v) is 7.30. The van der Waals surface area contributed by atoms with E-state index >= 15 is 0 Å². The predicted molar refractivity (Wildman–Crippen MR) is 83.9 cm³/mol. The average molecular weight is 319 g/mol. The summed E-state index contributed by atoms with van der Waals surface area (Å²) in [4.78, 5) is 11.8. The highest BCUT2D eigenvalue weighted by Crippen LogP contribution is 2.08. The van der Waals surface area contributed by atoms with Crippen molar-refractivity contribution in [1.29, 1.82) is 0 Å². The van der Waals surface area contributed by atoms with Gasteiger partial charge in [0.25, 0.3) is 0 Å². The van der Waals surface area contributed by atoms with Crippen LogP contribution in [0.15, 0.2) is 36.7 Å². The normalized spacial score (nSPS) is 13.2. The van der Waals surface area contributed by atoms with Gasteiger partial charge < -0.3 is 25.0 Å². The van der Waals surface area contributed by atoms with Crippen molar-refractivity contribution in [2.24, 2.45) is 7.05 Å². The molecule has 1 heterocycles. The lowest BCUT2D eigenvalue weighted by Crippen LogP contribution is -2.42. The summed E-state index contributed by atoms with van der Waals surface area (Å²) in [5.41, 5.74) is 0. The van der Waals surface area contributed by atoms with Crippen LogP contribution in [-0.4, -0.2) is 45.2 Å². The number of aromatic nitrogens is 3. The van der Waals surface area contributed by atoms with Gasteiger partial charge in [0.2, 0.25) is 0 Å². The summed E-state index contributed by atoms with van der Waals surface area (Å²) in [6, 6.07) is 8.50. The number of para-hydroxylation sites is 1. The fourth-order valence-corrected chi connectivity index (χ4v) is 1.97. The van der Waals surface area contributed by atoms with Gasteiger partial charge in [-0.25, -0.2) is 4.79 Å². The van der Waals surface area contributed by atoms with Crippen molar-refractivity contribution in [3.8, 4) is 5.75 Å². The van der Waals surface area contributed by atoms with Crippen LogP contribution in [0.1, 0.15) is 18.8 Å². The molecule has 0 saturated carbocycles. The van der Waals surface area contributed by atoms with Crippen molar-refractivity contribution in [2.75, 3.05) is 13.2 Å². The zero-order chi connectivity index (χ0) is 16.7. The third-order valence-corrected chi connectivity index (χ3v) is 3.17. The second-order valence-electron chi connectivity index (χ2n) is 5.15. The Morgan fingerprint density at radius 1 is 1.39 bits per heavy atom. The molecule has 23 heavy (non-hydrogen) atoms. The monoisotopic (exact) mass is 319 g/mol. The van der Waals surface area contributed by atoms with E-state index in [4.69, 9.17) is 4.74 Å². The molecule has 0 spiro atoms. The van der Waals surface area contributed by atoms with Crippen LogP contribution in [0.25, 0.3) is 0 Å². The SMILES string of the molecule is C[C@@H](NC(=O)NC[C@H](O)COc1ccccc1)c1nncn1C. The van der Waals surface area contributed by atoms with E-state index in [1.165, 1.54) is 0 Å². The first-order chi connectivity index (χ1) is 11.1. The van der Waals surface area contributed by atoms with Crippen molar-refractivity contribution in [3.05, 3.63) is 42.5 Å². The minimum atomic E-state index is -0.800. The number of carbonyl (C=O) groups is 1. The van der Waals surface area contributed by atoms with Gasteiger partial charge in [-0.05, 0) is 19.1 Å². The zero-order valence-corrected chi connectivity index (χ0v) is 13.1. The van der Waals surface area contributed by atoms with Gasteiger partial charge in [-0.1, -0.05) is 18.2 Å². The van der Waals surface area contributed by atoms with Gasteiger partial charge in [-0.2, -0.15) is 0 Å². The number of aliphatic hydroxyl groups excluding tert-OH is 1.